The smallest absolute Gasteiger partial charge is 0.230 e. The summed E-state index contributed by atoms with van der Waals surface area (Å²) < 4.78 is 5.71. The Kier molecular flexibility index (Phi) is 3.52. The van der Waals surface area contributed by atoms with E-state index in [0.29, 0.717) is 27.0 Å². The zero-order chi connectivity index (χ0) is 15.1. The summed E-state index contributed by atoms with van der Waals surface area (Å²) in [5.74, 6) is 0.0496. The number of carbonyl (C=O) groups excluding carboxylic acids is 1. The number of ketones is 1. The molecular weight excluding hydrogens is 307 g/mol. The summed E-state index contributed by atoms with van der Waals surface area (Å²) in [4.78, 5) is 12.7. The van der Waals surface area contributed by atoms with Gasteiger partial charge in [0.05, 0.1) is 5.02 Å². The minimum absolute atomic E-state index is 0.256. The molecule has 0 fully saturated rings. The molecule has 3 rings (SSSR count). The molecule has 21 heavy (non-hydrogen) atoms. The third kappa shape index (κ3) is 2.45. The Hall–Kier alpha value is -1.77. The molecule has 2 nitrogen and oxygen atoms in total. The summed E-state index contributed by atoms with van der Waals surface area (Å²) in [7, 11) is 0. The number of aryl methyl sites for hydroxylation is 2. The second-order valence-electron chi connectivity index (χ2n) is 5.01. The van der Waals surface area contributed by atoms with Crippen LogP contribution < -0.4 is 0 Å². The highest BCUT2D eigenvalue weighted by molar-refractivity contribution is 6.36. The molecule has 0 aliphatic rings. The van der Waals surface area contributed by atoms with Crippen LogP contribution in [0.1, 0.15) is 27.2 Å². The van der Waals surface area contributed by atoms with Gasteiger partial charge >= 0.3 is 0 Å². The Labute approximate surface area is 132 Å². The Balaban J connectivity index is 2.18. The van der Waals surface area contributed by atoms with E-state index in [1.165, 1.54) is 0 Å². The third-order valence-corrected chi connectivity index (χ3v) is 4.04. The number of hydrogen-bond donors (Lipinski definition) is 0. The molecule has 0 saturated heterocycles. The molecule has 0 N–H and O–H groups in total. The largest absolute Gasteiger partial charge is 0.452 e. The molecule has 4 heteroatoms. The molecule has 106 valence electrons. The van der Waals surface area contributed by atoms with Gasteiger partial charge in [-0.15, -0.1) is 0 Å². The first kappa shape index (κ1) is 14.2. The SMILES string of the molecule is Cc1ccc2oc(C(=O)c3cc(Cl)ccc3Cl)c(C)c2c1. The molecule has 1 heterocycles. The van der Waals surface area contributed by atoms with E-state index in [1.807, 2.05) is 32.0 Å². The van der Waals surface area contributed by atoms with Crippen LogP contribution in [0.4, 0.5) is 0 Å². The van der Waals surface area contributed by atoms with Crippen molar-refractivity contribution in [3.63, 3.8) is 0 Å². The van der Waals surface area contributed by atoms with E-state index in [-0.39, 0.29) is 5.78 Å². The lowest BCUT2D eigenvalue weighted by Crippen LogP contribution is -2.02. The van der Waals surface area contributed by atoms with Gasteiger partial charge in [-0.1, -0.05) is 34.8 Å². The highest BCUT2D eigenvalue weighted by atomic mass is 35.5. The van der Waals surface area contributed by atoms with E-state index in [9.17, 15) is 4.79 Å². The molecule has 0 saturated carbocycles. The van der Waals surface area contributed by atoms with Gasteiger partial charge in [0.2, 0.25) is 5.78 Å². The average Bonchev–Trinajstić information content (AvgIpc) is 2.78. The number of fused-ring (bicyclic) bond motifs is 1. The Bertz CT molecular complexity index is 863. The molecule has 0 aliphatic heterocycles. The zero-order valence-corrected chi connectivity index (χ0v) is 13.0. The van der Waals surface area contributed by atoms with Crippen LogP contribution >= 0.6 is 23.2 Å². The average molecular weight is 319 g/mol. The summed E-state index contributed by atoms with van der Waals surface area (Å²) in [5.41, 5.74) is 2.98. The first-order valence-corrected chi connectivity index (χ1v) is 7.22. The molecule has 2 aromatic carbocycles. The fourth-order valence-corrected chi connectivity index (χ4v) is 2.72. The second-order valence-corrected chi connectivity index (χ2v) is 5.85. The lowest BCUT2D eigenvalue weighted by molar-refractivity contribution is 0.101. The van der Waals surface area contributed by atoms with Crippen molar-refractivity contribution in [1.82, 2.24) is 0 Å². The van der Waals surface area contributed by atoms with Gasteiger partial charge in [-0.3, -0.25) is 4.79 Å². The highest BCUT2D eigenvalue weighted by Crippen LogP contribution is 2.30. The number of hydrogen-bond acceptors (Lipinski definition) is 2. The van der Waals surface area contributed by atoms with Gasteiger partial charge in [-0.25, -0.2) is 0 Å². The van der Waals surface area contributed by atoms with Crippen molar-refractivity contribution in [3.8, 4) is 0 Å². The van der Waals surface area contributed by atoms with Crippen molar-refractivity contribution in [3.05, 3.63) is 68.9 Å². The molecule has 0 amide bonds. The number of benzene rings is 2. The summed E-state index contributed by atoms with van der Waals surface area (Å²) in [5, 5.41) is 1.77. The first-order valence-electron chi connectivity index (χ1n) is 6.47. The van der Waals surface area contributed by atoms with E-state index < -0.39 is 0 Å². The summed E-state index contributed by atoms with van der Waals surface area (Å²) in [6.45, 7) is 3.87. The predicted molar refractivity (Wildman–Crippen MR) is 85.6 cm³/mol. The molecule has 3 aromatic rings. The van der Waals surface area contributed by atoms with Crippen molar-refractivity contribution in [1.29, 1.82) is 0 Å². The van der Waals surface area contributed by atoms with Crippen LogP contribution in [0.5, 0.6) is 0 Å². The van der Waals surface area contributed by atoms with Crippen LogP contribution in [0.3, 0.4) is 0 Å². The lowest BCUT2D eigenvalue weighted by atomic mass is 10.0. The van der Waals surface area contributed by atoms with E-state index in [4.69, 9.17) is 27.6 Å². The van der Waals surface area contributed by atoms with Crippen molar-refractivity contribution in [2.45, 2.75) is 13.8 Å². The monoisotopic (exact) mass is 318 g/mol. The fraction of sp³-hybridized carbons (Fsp3) is 0.118. The van der Waals surface area contributed by atoms with Gasteiger partial charge in [0, 0.05) is 21.5 Å². The molecule has 0 radical (unpaired) electrons. The van der Waals surface area contributed by atoms with Gasteiger partial charge < -0.3 is 4.42 Å². The highest BCUT2D eigenvalue weighted by Gasteiger charge is 2.21. The number of halogens is 2. The van der Waals surface area contributed by atoms with Gasteiger partial charge in [0.15, 0.2) is 5.76 Å². The quantitative estimate of drug-likeness (QED) is 0.577. The van der Waals surface area contributed by atoms with Crippen LogP contribution in [0, 0.1) is 13.8 Å². The zero-order valence-electron chi connectivity index (χ0n) is 11.5. The number of carbonyl (C=O) groups is 1. The third-order valence-electron chi connectivity index (χ3n) is 3.47. The normalized spacial score (nSPS) is 11.0. The number of furan rings is 1. The maximum atomic E-state index is 12.7. The van der Waals surface area contributed by atoms with Crippen LogP contribution in [-0.2, 0) is 0 Å². The van der Waals surface area contributed by atoms with Gasteiger partial charge in [-0.2, -0.15) is 0 Å². The lowest BCUT2D eigenvalue weighted by Gasteiger charge is -2.02. The van der Waals surface area contributed by atoms with Crippen molar-refractivity contribution in [2.24, 2.45) is 0 Å². The molecule has 1 aromatic heterocycles. The minimum Gasteiger partial charge on any atom is -0.452 e. The Morgan fingerprint density at radius 1 is 1.05 bits per heavy atom. The summed E-state index contributed by atoms with van der Waals surface area (Å²) in [6, 6.07) is 10.6. The van der Waals surface area contributed by atoms with Crippen molar-refractivity contribution < 1.29 is 9.21 Å². The first-order chi connectivity index (χ1) is 9.97. The van der Waals surface area contributed by atoms with Gasteiger partial charge in [0.25, 0.3) is 0 Å². The molecular formula is C17H12Cl2O2. The Morgan fingerprint density at radius 3 is 2.57 bits per heavy atom. The molecule has 0 unspecified atom stereocenters. The maximum Gasteiger partial charge on any atom is 0.230 e. The summed E-state index contributed by atoms with van der Waals surface area (Å²) >= 11 is 12.0. The van der Waals surface area contributed by atoms with Crippen molar-refractivity contribution in [2.75, 3.05) is 0 Å². The second kappa shape index (κ2) is 5.21. The molecule has 0 spiro atoms. The van der Waals surface area contributed by atoms with Gasteiger partial charge in [0.1, 0.15) is 5.58 Å². The number of rotatable bonds is 2. The van der Waals surface area contributed by atoms with E-state index >= 15 is 0 Å². The maximum absolute atomic E-state index is 12.7. The van der Waals surface area contributed by atoms with E-state index in [2.05, 4.69) is 0 Å². The van der Waals surface area contributed by atoms with Crippen molar-refractivity contribution >= 4 is 40.0 Å². The van der Waals surface area contributed by atoms with E-state index in [1.54, 1.807) is 18.2 Å². The van der Waals surface area contributed by atoms with Crippen LogP contribution in [0.15, 0.2) is 40.8 Å². The molecule has 0 bridgehead atoms. The minimum atomic E-state index is -0.256. The van der Waals surface area contributed by atoms with Crippen LogP contribution in [0.25, 0.3) is 11.0 Å². The van der Waals surface area contributed by atoms with Gasteiger partial charge in [-0.05, 0) is 44.2 Å². The topological polar surface area (TPSA) is 30.2 Å². The summed E-state index contributed by atoms with van der Waals surface area (Å²) in [6.07, 6.45) is 0. The van der Waals surface area contributed by atoms with Crippen LogP contribution in [-0.4, -0.2) is 5.78 Å². The van der Waals surface area contributed by atoms with E-state index in [0.717, 1.165) is 16.5 Å². The molecule has 0 aliphatic carbocycles. The standard InChI is InChI=1S/C17H12Cl2O2/c1-9-3-6-15-12(7-9)10(2)17(21-15)16(20)13-8-11(18)4-5-14(13)19/h3-8H,1-2H3. The predicted octanol–water partition coefficient (Wildman–Crippen LogP) is 5.59. The van der Waals surface area contributed by atoms with Crippen LogP contribution in [0.2, 0.25) is 10.0 Å². The fourth-order valence-electron chi connectivity index (χ4n) is 2.35. The Morgan fingerprint density at radius 2 is 1.81 bits per heavy atom. The molecule has 0 atom stereocenters.